The van der Waals surface area contributed by atoms with Crippen molar-refractivity contribution in [2.24, 2.45) is 0 Å². The number of carbonyl (C=O) groups is 2. The van der Waals surface area contributed by atoms with E-state index in [4.69, 9.17) is 21.7 Å². The molecule has 6 heteroatoms. The van der Waals surface area contributed by atoms with Crippen LogP contribution in [0.25, 0.3) is 11.1 Å². The Bertz CT molecular complexity index is 683. The molecule has 0 bridgehead atoms. The van der Waals surface area contributed by atoms with E-state index in [-0.39, 0.29) is 22.5 Å². The van der Waals surface area contributed by atoms with Gasteiger partial charge in [-0.3, -0.25) is 0 Å². The molecule has 2 aromatic rings. The Hall–Kier alpha value is -3.02. The lowest BCUT2D eigenvalue weighted by Crippen LogP contribution is -2.05. The molecule has 0 aliphatic heterocycles. The smallest absolute Gasteiger partial charge is 0.335 e. The second-order valence-electron chi connectivity index (χ2n) is 5.13. The molecule has 0 spiro atoms. The average molecular weight is 300 g/mol. The molecule has 2 aromatic carbocycles. The number of carboxylic acid groups (broad SMARTS) is 2. The topological polar surface area (TPSA) is 127 Å². The molecule has 0 aliphatic carbocycles. The highest BCUT2D eigenvalue weighted by Crippen LogP contribution is 2.37. The largest absolute Gasteiger partial charge is 0.478 e. The molecule has 0 atom stereocenters. The molecule has 6 N–H and O–H groups in total. The van der Waals surface area contributed by atoms with Crippen molar-refractivity contribution < 1.29 is 19.8 Å². The average Bonchev–Trinajstić information content (AvgIpc) is 2.40. The van der Waals surface area contributed by atoms with Gasteiger partial charge in [0.1, 0.15) is 0 Å². The summed E-state index contributed by atoms with van der Waals surface area (Å²) in [6, 6.07) is 5.76. The highest BCUT2D eigenvalue weighted by molar-refractivity contribution is 5.97. The van der Waals surface area contributed by atoms with Crippen molar-refractivity contribution in [2.75, 3.05) is 11.5 Å². The second-order valence-corrected chi connectivity index (χ2v) is 5.13. The van der Waals surface area contributed by atoms with Crippen LogP contribution in [0.5, 0.6) is 0 Å². The van der Waals surface area contributed by atoms with Crippen LogP contribution in [0.4, 0.5) is 11.4 Å². The zero-order valence-corrected chi connectivity index (χ0v) is 12.2. The number of aromatic carboxylic acids is 2. The Morgan fingerprint density at radius 3 is 1.32 bits per heavy atom. The van der Waals surface area contributed by atoms with E-state index in [1.165, 1.54) is 24.3 Å². The van der Waals surface area contributed by atoms with Gasteiger partial charge in [0.05, 0.1) is 11.1 Å². The molecule has 0 heterocycles. The Balaban J connectivity index is 2.72. The van der Waals surface area contributed by atoms with Gasteiger partial charge in [0.15, 0.2) is 0 Å². The van der Waals surface area contributed by atoms with Crippen LogP contribution in [0.2, 0.25) is 0 Å². The van der Waals surface area contributed by atoms with Crippen molar-refractivity contribution in [3.8, 4) is 11.1 Å². The van der Waals surface area contributed by atoms with Gasteiger partial charge >= 0.3 is 11.9 Å². The van der Waals surface area contributed by atoms with Gasteiger partial charge in [-0.25, -0.2) is 9.59 Å². The van der Waals surface area contributed by atoms with Crippen LogP contribution >= 0.6 is 0 Å². The van der Waals surface area contributed by atoms with E-state index in [2.05, 4.69) is 0 Å². The molecular weight excluding hydrogens is 284 g/mol. The van der Waals surface area contributed by atoms with Gasteiger partial charge in [-0.15, -0.1) is 0 Å². The SMILES string of the molecule is Cc1cc(C(=O)O)cc(N)c1-c1c(C)cc(C(=O)O)cc1N. The molecule has 0 saturated carbocycles. The first-order chi connectivity index (χ1) is 10.2. The maximum atomic E-state index is 11.1. The predicted octanol–water partition coefficient (Wildman–Crippen LogP) is 2.53. The van der Waals surface area contributed by atoms with Crippen LogP contribution in [-0.2, 0) is 0 Å². The van der Waals surface area contributed by atoms with E-state index in [1.54, 1.807) is 13.8 Å². The number of benzene rings is 2. The summed E-state index contributed by atoms with van der Waals surface area (Å²) < 4.78 is 0. The number of rotatable bonds is 3. The van der Waals surface area contributed by atoms with Gasteiger partial charge in [-0.05, 0) is 49.2 Å². The molecule has 0 fully saturated rings. The quantitative estimate of drug-likeness (QED) is 0.645. The number of carboxylic acids is 2. The Morgan fingerprint density at radius 2 is 1.09 bits per heavy atom. The summed E-state index contributed by atoms with van der Waals surface area (Å²) in [5.41, 5.74) is 15.3. The van der Waals surface area contributed by atoms with E-state index in [1.807, 2.05) is 0 Å². The van der Waals surface area contributed by atoms with Crippen LogP contribution in [-0.4, -0.2) is 22.2 Å². The van der Waals surface area contributed by atoms with E-state index >= 15 is 0 Å². The fourth-order valence-corrected chi connectivity index (χ4v) is 2.56. The molecule has 114 valence electrons. The predicted molar refractivity (Wildman–Crippen MR) is 84.1 cm³/mol. The molecule has 0 radical (unpaired) electrons. The third kappa shape index (κ3) is 2.58. The first-order valence-electron chi connectivity index (χ1n) is 6.49. The monoisotopic (exact) mass is 300 g/mol. The molecule has 6 nitrogen and oxygen atoms in total. The fourth-order valence-electron chi connectivity index (χ4n) is 2.56. The summed E-state index contributed by atoms with van der Waals surface area (Å²) in [7, 11) is 0. The Kier molecular flexibility index (Phi) is 3.77. The molecular formula is C16H16N2O4. The molecule has 2 rings (SSSR count). The van der Waals surface area contributed by atoms with Crippen LogP contribution < -0.4 is 11.5 Å². The fraction of sp³-hybridized carbons (Fsp3) is 0.125. The van der Waals surface area contributed by atoms with E-state index in [0.29, 0.717) is 22.3 Å². The minimum atomic E-state index is -1.06. The number of nitrogens with two attached hydrogens (primary N) is 2. The van der Waals surface area contributed by atoms with Crippen LogP contribution in [0.3, 0.4) is 0 Å². The summed E-state index contributed by atoms with van der Waals surface area (Å²) in [6.45, 7) is 3.48. The van der Waals surface area contributed by atoms with Gasteiger partial charge < -0.3 is 21.7 Å². The zero-order chi connectivity index (χ0) is 16.6. The van der Waals surface area contributed by atoms with Crippen LogP contribution in [0, 0.1) is 13.8 Å². The van der Waals surface area contributed by atoms with Crippen molar-refractivity contribution in [1.82, 2.24) is 0 Å². The van der Waals surface area contributed by atoms with Gasteiger partial charge in [0.25, 0.3) is 0 Å². The maximum Gasteiger partial charge on any atom is 0.335 e. The normalized spacial score (nSPS) is 10.5. The van der Waals surface area contributed by atoms with Gasteiger partial charge in [-0.2, -0.15) is 0 Å². The summed E-state index contributed by atoms with van der Waals surface area (Å²) in [4.78, 5) is 22.1. The van der Waals surface area contributed by atoms with Crippen LogP contribution in [0.1, 0.15) is 31.8 Å². The summed E-state index contributed by atoms with van der Waals surface area (Å²) in [5.74, 6) is -2.13. The summed E-state index contributed by atoms with van der Waals surface area (Å²) in [5, 5.41) is 18.1. The van der Waals surface area contributed by atoms with E-state index < -0.39 is 11.9 Å². The first kappa shape index (κ1) is 15.4. The van der Waals surface area contributed by atoms with Crippen LogP contribution in [0.15, 0.2) is 24.3 Å². The lowest BCUT2D eigenvalue weighted by Gasteiger charge is -2.16. The first-order valence-corrected chi connectivity index (χ1v) is 6.49. The molecule has 0 aliphatic rings. The lowest BCUT2D eigenvalue weighted by atomic mass is 9.91. The third-order valence-corrected chi connectivity index (χ3v) is 3.48. The molecule has 22 heavy (non-hydrogen) atoms. The van der Waals surface area contributed by atoms with Crippen molar-refractivity contribution in [1.29, 1.82) is 0 Å². The van der Waals surface area contributed by atoms with Gasteiger partial charge in [-0.1, -0.05) is 0 Å². The number of hydrogen-bond donors (Lipinski definition) is 4. The lowest BCUT2D eigenvalue weighted by molar-refractivity contribution is 0.0686. The summed E-state index contributed by atoms with van der Waals surface area (Å²) in [6.07, 6.45) is 0. The standard InChI is InChI=1S/C16H16N2O4/c1-7-3-9(15(19)20)5-11(17)13(7)14-8(2)4-10(16(21)22)6-12(14)18/h3-6H,17-18H2,1-2H3,(H,19,20)(H,21,22). The minimum absolute atomic E-state index is 0.0946. The van der Waals surface area contributed by atoms with E-state index in [0.717, 1.165) is 0 Å². The van der Waals surface area contributed by atoms with Gasteiger partial charge in [0, 0.05) is 22.5 Å². The van der Waals surface area contributed by atoms with Crippen molar-refractivity contribution in [2.45, 2.75) is 13.8 Å². The number of nitrogen functional groups attached to an aromatic ring is 2. The molecule has 0 saturated heterocycles. The summed E-state index contributed by atoms with van der Waals surface area (Å²) >= 11 is 0. The zero-order valence-electron chi connectivity index (χ0n) is 12.2. The second kappa shape index (κ2) is 5.40. The van der Waals surface area contributed by atoms with E-state index in [9.17, 15) is 9.59 Å². The Labute approximate surface area is 127 Å². The highest BCUT2D eigenvalue weighted by Gasteiger charge is 2.17. The van der Waals surface area contributed by atoms with Crippen molar-refractivity contribution in [3.63, 3.8) is 0 Å². The number of anilines is 2. The molecule has 0 amide bonds. The third-order valence-electron chi connectivity index (χ3n) is 3.48. The number of aryl methyl sites for hydroxylation is 2. The number of hydrogen-bond acceptors (Lipinski definition) is 4. The minimum Gasteiger partial charge on any atom is -0.478 e. The van der Waals surface area contributed by atoms with Gasteiger partial charge in [0.2, 0.25) is 0 Å². The van der Waals surface area contributed by atoms with Crippen molar-refractivity contribution in [3.05, 3.63) is 46.5 Å². The molecule has 0 aromatic heterocycles. The highest BCUT2D eigenvalue weighted by atomic mass is 16.4. The maximum absolute atomic E-state index is 11.1. The molecule has 0 unspecified atom stereocenters. The van der Waals surface area contributed by atoms with Crippen molar-refractivity contribution >= 4 is 23.3 Å². The Morgan fingerprint density at radius 1 is 0.773 bits per heavy atom.